The number of rotatable bonds is 6. The fraction of sp³-hybridized carbons (Fsp3) is 0.200. The summed E-state index contributed by atoms with van der Waals surface area (Å²) in [5, 5.41) is -0.142. The van der Waals surface area contributed by atoms with E-state index < -0.39 is 15.8 Å². The van der Waals surface area contributed by atoms with Crippen molar-refractivity contribution in [2.75, 3.05) is 10.6 Å². The lowest BCUT2D eigenvalue weighted by Crippen LogP contribution is -2.14. The van der Waals surface area contributed by atoms with E-state index in [4.69, 9.17) is 23.2 Å². The Morgan fingerprint density at radius 1 is 1.09 bits per heavy atom. The van der Waals surface area contributed by atoms with Crippen molar-refractivity contribution >= 4 is 38.9 Å². The predicted molar refractivity (Wildman–Crippen MR) is 87.7 cm³/mol. The van der Waals surface area contributed by atoms with Gasteiger partial charge in [-0.3, -0.25) is 4.72 Å². The Labute approximate surface area is 139 Å². The summed E-state index contributed by atoms with van der Waals surface area (Å²) >= 11 is 11.3. The molecule has 7 heteroatoms. The highest BCUT2D eigenvalue weighted by molar-refractivity contribution is 7.92. The van der Waals surface area contributed by atoms with Crippen LogP contribution in [0.1, 0.15) is 12.0 Å². The molecule has 2 aromatic carbocycles. The van der Waals surface area contributed by atoms with Gasteiger partial charge in [0.1, 0.15) is 0 Å². The molecule has 0 radical (unpaired) electrons. The van der Waals surface area contributed by atoms with Crippen molar-refractivity contribution in [1.82, 2.24) is 0 Å². The smallest absolute Gasteiger partial charge is 0.261 e. The number of benzene rings is 2. The molecule has 0 aliphatic carbocycles. The third-order valence-electron chi connectivity index (χ3n) is 3.03. The van der Waals surface area contributed by atoms with Crippen LogP contribution in [0.5, 0.6) is 0 Å². The maximum absolute atomic E-state index is 13.8. The van der Waals surface area contributed by atoms with E-state index in [1.807, 2.05) is 0 Å². The third kappa shape index (κ3) is 4.12. The molecule has 0 aromatic heterocycles. The highest BCUT2D eigenvalue weighted by Crippen LogP contribution is 2.24. The zero-order chi connectivity index (χ0) is 16.2. The van der Waals surface area contributed by atoms with Crippen LogP contribution in [0, 0.1) is 5.82 Å². The second-order valence-corrected chi connectivity index (χ2v) is 7.11. The monoisotopic (exact) mass is 361 g/mol. The number of anilines is 1. The summed E-state index contributed by atoms with van der Waals surface area (Å²) < 4.78 is 40.5. The first-order valence-electron chi connectivity index (χ1n) is 6.56. The molecule has 2 aromatic rings. The molecule has 0 amide bonds. The first kappa shape index (κ1) is 17.1. The average Bonchev–Trinajstić information content (AvgIpc) is 2.50. The summed E-state index contributed by atoms with van der Waals surface area (Å²) in [7, 11) is -3.86. The van der Waals surface area contributed by atoms with Gasteiger partial charge in [0.2, 0.25) is 0 Å². The van der Waals surface area contributed by atoms with Crippen molar-refractivity contribution in [3.8, 4) is 0 Å². The Morgan fingerprint density at radius 2 is 1.77 bits per heavy atom. The van der Waals surface area contributed by atoms with Crippen LogP contribution in [0.3, 0.4) is 0 Å². The molecular weight excluding hydrogens is 348 g/mol. The van der Waals surface area contributed by atoms with Crippen LogP contribution in [0.2, 0.25) is 5.02 Å². The maximum atomic E-state index is 13.8. The first-order chi connectivity index (χ1) is 10.4. The second kappa shape index (κ2) is 7.31. The van der Waals surface area contributed by atoms with Gasteiger partial charge in [-0.25, -0.2) is 12.8 Å². The number of alkyl halides is 1. The summed E-state index contributed by atoms with van der Waals surface area (Å²) in [6.45, 7) is 0. The van der Waals surface area contributed by atoms with Gasteiger partial charge in [0.25, 0.3) is 10.0 Å². The Balaban J connectivity index is 2.21. The molecule has 0 aliphatic heterocycles. The molecule has 0 aliphatic rings. The van der Waals surface area contributed by atoms with E-state index >= 15 is 0 Å². The lowest BCUT2D eigenvalue weighted by atomic mass is 10.1. The summed E-state index contributed by atoms with van der Waals surface area (Å²) in [4.78, 5) is 0.0569. The molecule has 0 saturated heterocycles. The normalized spacial score (nSPS) is 11.4. The molecular formula is C15H14Cl2FNO2S. The quantitative estimate of drug-likeness (QED) is 0.772. The highest BCUT2D eigenvalue weighted by Gasteiger charge is 2.17. The number of nitrogens with one attached hydrogen (secondary N) is 1. The fourth-order valence-corrected chi connectivity index (χ4v) is 3.26. The molecule has 0 unspecified atom stereocenters. The molecule has 0 fully saturated rings. The number of aryl methyl sites for hydroxylation is 1. The minimum Gasteiger partial charge on any atom is -0.277 e. The lowest BCUT2D eigenvalue weighted by Gasteiger charge is -2.10. The summed E-state index contributed by atoms with van der Waals surface area (Å²) in [5.41, 5.74) is 0.812. The van der Waals surface area contributed by atoms with Crippen molar-refractivity contribution in [2.24, 2.45) is 0 Å². The lowest BCUT2D eigenvalue weighted by molar-refractivity contribution is 0.598. The molecule has 22 heavy (non-hydrogen) atoms. The largest absolute Gasteiger partial charge is 0.277 e. The molecule has 2 rings (SSSR count). The van der Waals surface area contributed by atoms with Gasteiger partial charge in [-0.1, -0.05) is 29.8 Å². The topological polar surface area (TPSA) is 46.2 Å². The van der Waals surface area contributed by atoms with Crippen molar-refractivity contribution in [3.63, 3.8) is 0 Å². The van der Waals surface area contributed by atoms with Crippen LogP contribution in [0.15, 0.2) is 47.4 Å². The van der Waals surface area contributed by atoms with Gasteiger partial charge in [0.15, 0.2) is 5.82 Å². The molecule has 0 heterocycles. The van der Waals surface area contributed by atoms with Gasteiger partial charge < -0.3 is 0 Å². The first-order valence-corrected chi connectivity index (χ1v) is 8.95. The van der Waals surface area contributed by atoms with Crippen molar-refractivity contribution < 1.29 is 12.8 Å². The van der Waals surface area contributed by atoms with Crippen LogP contribution < -0.4 is 4.72 Å². The van der Waals surface area contributed by atoms with E-state index in [0.717, 1.165) is 18.4 Å². The fourth-order valence-electron chi connectivity index (χ4n) is 1.89. The van der Waals surface area contributed by atoms with E-state index in [-0.39, 0.29) is 15.6 Å². The van der Waals surface area contributed by atoms with E-state index in [0.29, 0.717) is 5.88 Å². The van der Waals surface area contributed by atoms with Gasteiger partial charge >= 0.3 is 0 Å². The Bertz CT molecular complexity index is 749. The van der Waals surface area contributed by atoms with Gasteiger partial charge in [-0.2, -0.15) is 0 Å². The van der Waals surface area contributed by atoms with Crippen LogP contribution >= 0.6 is 23.2 Å². The van der Waals surface area contributed by atoms with Crippen LogP contribution in [-0.4, -0.2) is 14.3 Å². The molecule has 118 valence electrons. The summed E-state index contributed by atoms with van der Waals surface area (Å²) in [6, 6.07) is 10.5. The number of halogens is 3. The van der Waals surface area contributed by atoms with E-state index in [9.17, 15) is 12.8 Å². The second-order valence-electron chi connectivity index (χ2n) is 4.64. The SMILES string of the molecule is O=S(=O)(Nc1cccc(Cl)c1F)c1ccc(CCCCl)cc1. The van der Waals surface area contributed by atoms with Crippen molar-refractivity contribution in [2.45, 2.75) is 17.7 Å². The number of sulfonamides is 1. The van der Waals surface area contributed by atoms with Gasteiger partial charge in [-0.05, 0) is 42.7 Å². The Morgan fingerprint density at radius 3 is 2.41 bits per heavy atom. The van der Waals surface area contributed by atoms with Crippen molar-refractivity contribution in [3.05, 3.63) is 58.9 Å². The van der Waals surface area contributed by atoms with Gasteiger partial charge in [-0.15, -0.1) is 11.6 Å². The zero-order valence-electron chi connectivity index (χ0n) is 11.5. The number of hydrogen-bond donors (Lipinski definition) is 1. The van der Waals surface area contributed by atoms with Gasteiger partial charge in [0.05, 0.1) is 15.6 Å². The number of hydrogen-bond acceptors (Lipinski definition) is 2. The Hall–Kier alpha value is -1.30. The van der Waals surface area contributed by atoms with Crippen LogP contribution in [0.4, 0.5) is 10.1 Å². The molecule has 0 saturated carbocycles. The summed E-state index contributed by atoms with van der Waals surface area (Å²) in [5.74, 6) is -0.248. The van der Waals surface area contributed by atoms with E-state index in [2.05, 4.69) is 4.72 Å². The molecule has 0 spiro atoms. The average molecular weight is 362 g/mol. The molecule has 0 atom stereocenters. The highest BCUT2D eigenvalue weighted by atomic mass is 35.5. The van der Waals surface area contributed by atoms with Crippen LogP contribution in [0.25, 0.3) is 0 Å². The third-order valence-corrected chi connectivity index (χ3v) is 4.97. The van der Waals surface area contributed by atoms with Crippen LogP contribution in [-0.2, 0) is 16.4 Å². The maximum Gasteiger partial charge on any atom is 0.261 e. The van der Waals surface area contributed by atoms with Gasteiger partial charge in [0, 0.05) is 5.88 Å². The minimum atomic E-state index is -3.86. The molecule has 0 bridgehead atoms. The molecule has 3 nitrogen and oxygen atoms in total. The standard InChI is InChI=1S/C15H14Cl2FNO2S/c16-10-2-3-11-6-8-12(9-7-11)22(20,21)19-14-5-1-4-13(17)15(14)18/h1,4-9,19H,2-3,10H2. The minimum absolute atomic E-state index is 0.0569. The summed E-state index contributed by atoms with van der Waals surface area (Å²) in [6.07, 6.45) is 1.60. The van der Waals surface area contributed by atoms with E-state index in [1.165, 1.54) is 30.3 Å². The molecule has 1 N–H and O–H groups in total. The zero-order valence-corrected chi connectivity index (χ0v) is 13.8. The predicted octanol–water partition coefficient (Wildman–Crippen LogP) is 4.45. The Kier molecular flexibility index (Phi) is 5.67. The van der Waals surface area contributed by atoms with Crippen molar-refractivity contribution in [1.29, 1.82) is 0 Å². The van der Waals surface area contributed by atoms with E-state index in [1.54, 1.807) is 12.1 Å².